The minimum absolute atomic E-state index is 0.427. The minimum Gasteiger partial charge on any atom is -0.368 e. The van der Waals surface area contributed by atoms with Crippen molar-refractivity contribution in [2.45, 2.75) is 53.0 Å². The molecule has 0 aliphatic rings. The van der Waals surface area contributed by atoms with Crippen LogP contribution in [-0.2, 0) is 0 Å². The van der Waals surface area contributed by atoms with E-state index < -0.39 is 0 Å². The number of hydrogen-bond acceptors (Lipinski definition) is 2. The maximum absolute atomic E-state index is 9.27. The van der Waals surface area contributed by atoms with Crippen LogP contribution in [0.5, 0.6) is 0 Å². The Labute approximate surface area is 111 Å². The average Bonchev–Trinajstić information content (AvgIpc) is 2.35. The van der Waals surface area contributed by atoms with Gasteiger partial charge in [0.05, 0.1) is 11.3 Å². The molecule has 0 saturated heterocycles. The number of rotatable bonds is 6. The smallest absolute Gasteiger partial charge is 0.101 e. The maximum Gasteiger partial charge on any atom is 0.101 e. The topological polar surface area (TPSA) is 27.0 Å². The Morgan fingerprint density at radius 3 is 2.56 bits per heavy atom. The quantitative estimate of drug-likeness (QED) is 0.699. The van der Waals surface area contributed by atoms with Gasteiger partial charge in [-0.15, -0.1) is 0 Å². The standard InChI is InChI=1S/C16H24N2/c1-5-6-7-10-18(13(2)3)16-9-8-14(4)11-15(16)12-17/h8-9,11,13H,5-7,10H2,1-4H3. The number of aryl methyl sites for hydroxylation is 1. The van der Waals surface area contributed by atoms with Gasteiger partial charge in [0.1, 0.15) is 6.07 Å². The first-order valence-electron chi connectivity index (χ1n) is 6.87. The van der Waals surface area contributed by atoms with Crippen LogP contribution in [0.15, 0.2) is 18.2 Å². The van der Waals surface area contributed by atoms with E-state index in [1.165, 1.54) is 19.3 Å². The van der Waals surface area contributed by atoms with Gasteiger partial charge in [-0.25, -0.2) is 0 Å². The van der Waals surface area contributed by atoms with Crippen molar-refractivity contribution < 1.29 is 0 Å². The van der Waals surface area contributed by atoms with Crippen LogP contribution >= 0.6 is 0 Å². The summed E-state index contributed by atoms with van der Waals surface area (Å²) in [4.78, 5) is 2.34. The van der Waals surface area contributed by atoms with Crippen LogP contribution in [0.3, 0.4) is 0 Å². The number of anilines is 1. The molecule has 98 valence electrons. The van der Waals surface area contributed by atoms with Crippen molar-refractivity contribution in [1.82, 2.24) is 0 Å². The fraction of sp³-hybridized carbons (Fsp3) is 0.562. The second kappa shape index (κ2) is 7.06. The molecule has 0 N–H and O–H groups in total. The first-order chi connectivity index (χ1) is 8.60. The van der Waals surface area contributed by atoms with Crippen molar-refractivity contribution in [3.63, 3.8) is 0 Å². The molecule has 18 heavy (non-hydrogen) atoms. The summed E-state index contributed by atoms with van der Waals surface area (Å²) < 4.78 is 0. The van der Waals surface area contributed by atoms with Crippen LogP contribution in [-0.4, -0.2) is 12.6 Å². The summed E-state index contributed by atoms with van der Waals surface area (Å²) >= 11 is 0. The molecule has 1 rings (SSSR count). The Morgan fingerprint density at radius 2 is 2.00 bits per heavy atom. The van der Waals surface area contributed by atoms with E-state index in [1.54, 1.807) is 0 Å². The lowest BCUT2D eigenvalue weighted by molar-refractivity contribution is 0.625. The van der Waals surface area contributed by atoms with E-state index in [0.717, 1.165) is 23.4 Å². The normalized spacial score (nSPS) is 10.4. The zero-order chi connectivity index (χ0) is 13.5. The molecule has 2 nitrogen and oxygen atoms in total. The van der Waals surface area contributed by atoms with Gasteiger partial charge in [-0.1, -0.05) is 25.8 Å². The summed E-state index contributed by atoms with van der Waals surface area (Å²) in [6.45, 7) is 9.65. The number of hydrogen-bond donors (Lipinski definition) is 0. The second-order valence-corrected chi connectivity index (χ2v) is 5.13. The molecule has 0 atom stereocenters. The number of nitriles is 1. The van der Waals surface area contributed by atoms with Crippen molar-refractivity contribution in [1.29, 1.82) is 5.26 Å². The van der Waals surface area contributed by atoms with Gasteiger partial charge in [0, 0.05) is 12.6 Å². The molecule has 0 saturated carbocycles. The fourth-order valence-electron chi connectivity index (χ4n) is 2.18. The Bertz CT molecular complexity index is 416. The highest BCUT2D eigenvalue weighted by molar-refractivity contribution is 5.60. The third-order valence-corrected chi connectivity index (χ3v) is 3.21. The van der Waals surface area contributed by atoms with Gasteiger partial charge in [-0.05, 0) is 44.9 Å². The van der Waals surface area contributed by atoms with Gasteiger partial charge in [0.2, 0.25) is 0 Å². The molecular formula is C16H24N2. The van der Waals surface area contributed by atoms with Gasteiger partial charge in [0.15, 0.2) is 0 Å². The van der Waals surface area contributed by atoms with Crippen LogP contribution in [0, 0.1) is 18.3 Å². The van der Waals surface area contributed by atoms with Crippen LogP contribution in [0.2, 0.25) is 0 Å². The lowest BCUT2D eigenvalue weighted by Crippen LogP contribution is -2.32. The molecule has 0 aromatic heterocycles. The molecule has 0 fully saturated rings. The zero-order valence-electron chi connectivity index (χ0n) is 12.0. The Balaban J connectivity index is 2.95. The maximum atomic E-state index is 9.27. The van der Waals surface area contributed by atoms with Crippen LogP contribution in [0.1, 0.15) is 51.2 Å². The SMILES string of the molecule is CCCCCN(c1ccc(C)cc1C#N)C(C)C. The van der Waals surface area contributed by atoms with E-state index in [2.05, 4.69) is 43.9 Å². The van der Waals surface area contributed by atoms with Crippen molar-refractivity contribution >= 4 is 5.69 Å². The highest BCUT2D eigenvalue weighted by Gasteiger charge is 2.14. The predicted octanol–water partition coefficient (Wildman–Crippen LogP) is 4.27. The molecule has 0 spiro atoms. The van der Waals surface area contributed by atoms with Crippen molar-refractivity contribution in [2.24, 2.45) is 0 Å². The summed E-state index contributed by atoms with van der Waals surface area (Å²) in [5.41, 5.74) is 3.02. The number of benzene rings is 1. The molecular weight excluding hydrogens is 220 g/mol. The largest absolute Gasteiger partial charge is 0.368 e. The molecule has 0 aliphatic heterocycles. The fourth-order valence-corrected chi connectivity index (χ4v) is 2.18. The Hall–Kier alpha value is -1.49. The third kappa shape index (κ3) is 3.77. The van der Waals surface area contributed by atoms with Gasteiger partial charge in [-0.3, -0.25) is 0 Å². The second-order valence-electron chi connectivity index (χ2n) is 5.13. The van der Waals surface area contributed by atoms with E-state index in [-0.39, 0.29) is 0 Å². The van der Waals surface area contributed by atoms with Crippen LogP contribution < -0.4 is 4.90 Å². The van der Waals surface area contributed by atoms with Crippen LogP contribution in [0.25, 0.3) is 0 Å². The summed E-state index contributed by atoms with van der Waals surface area (Å²) in [6.07, 6.45) is 3.66. The van der Waals surface area contributed by atoms with Crippen molar-refractivity contribution in [3.8, 4) is 6.07 Å². The summed E-state index contributed by atoms with van der Waals surface area (Å²) in [5, 5.41) is 9.27. The van der Waals surface area contributed by atoms with Gasteiger partial charge < -0.3 is 4.90 Å². The van der Waals surface area contributed by atoms with E-state index in [1.807, 2.05) is 13.0 Å². The minimum atomic E-state index is 0.427. The van der Waals surface area contributed by atoms with E-state index in [0.29, 0.717) is 6.04 Å². The summed E-state index contributed by atoms with van der Waals surface area (Å²) in [7, 11) is 0. The van der Waals surface area contributed by atoms with Crippen molar-refractivity contribution in [2.75, 3.05) is 11.4 Å². The molecule has 0 radical (unpaired) electrons. The van der Waals surface area contributed by atoms with E-state index in [4.69, 9.17) is 0 Å². The lowest BCUT2D eigenvalue weighted by atomic mass is 10.1. The molecule has 0 amide bonds. The zero-order valence-corrected chi connectivity index (χ0v) is 12.0. The molecule has 2 heteroatoms. The van der Waals surface area contributed by atoms with E-state index >= 15 is 0 Å². The van der Waals surface area contributed by atoms with Crippen LogP contribution in [0.4, 0.5) is 5.69 Å². The third-order valence-electron chi connectivity index (χ3n) is 3.21. The van der Waals surface area contributed by atoms with E-state index in [9.17, 15) is 5.26 Å². The predicted molar refractivity (Wildman–Crippen MR) is 77.9 cm³/mol. The number of unbranched alkanes of at least 4 members (excludes halogenated alkanes) is 2. The molecule has 0 aliphatic carbocycles. The van der Waals surface area contributed by atoms with Crippen molar-refractivity contribution in [3.05, 3.63) is 29.3 Å². The average molecular weight is 244 g/mol. The molecule has 0 unspecified atom stereocenters. The van der Waals surface area contributed by atoms with Gasteiger partial charge in [0.25, 0.3) is 0 Å². The molecule has 0 heterocycles. The summed E-state index contributed by atoms with van der Waals surface area (Å²) in [5.74, 6) is 0. The first-order valence-corrected chi connectivity index (χ1v) is 6.87. The first kappa shape index (κ1) is 14.6. The van der Waals surface area contributed by atoms with Gasteiger partial charge >= 0.3 is 0 Å². The highest BCUT2D eigenvalue weighted by atomic mass is 15.1. The Morgan fingerprint density at radius 1 is 1.28 bits per heavy atom. The molecule has 0 bridgehead atoms. The Kier molecular flexibility index (Phi) is 5.71. The van der Waals surface area contributed by atoms with Gasteiger partial charge in [-0.2, -0.15) is 5.26 Å². The molecule has 1 aromatic rings. The lowest BCUT2D eigenvalue weighted by Gasteiger charge is -2.30. The number of nitrogens with zero attached hydrogens (tertiary/aromatic N) is 2. The summed E-state index contributed by atoms with van der Waals surface area (Å²) in [6, 6.07) is 8.90. The monoisotopic (exact) mass is 244 g/mol. The molecule has 1 aromatic carbocycles. The highest BCUT2D eigenvalue weighted by Crippen LogP contribution is 2.24.